The fraction of sp³-hybridized carbons (Fsp3) is 0.143. The molecule has 1 heterocycles. The van der Waals surface area contributed by atoms with Crippen LogP contribution in [0.5, 0.6) is 11.5 Å². The molecule has 0 saturated heterocycles. The normalized spacial score (nSPS) is 14.1. The van der Waals surface area contributed by atoms with Gasteiger partial charge in [-0.1, -0.05) is 0 Å². The number of anilines is 1. The fourth-order valence-electron chi connectivity index (χ4n) is 1.12. The number of fused-ring (bicyclic) bond motifs is 1. The highest BCUT2D eigenvalue weighted by Crippen LogP contribution is 2.34. The highest BCUT2D eigenvalue weighted by Gasteiger charge is 2.14. The number of rotatable bonds is 2. The van der Waals surface area contributed by atoms with E-state index in [1.807, 2.05) is 0 Å². The van der Waals surface area contributed by atoms with Crippen molar-refractivity contribution in [2.24, 2.45) is 5.14 Å². The van der Waals surface area contributed by atoms with Gasteiger partial charge in [0.15, 0.2) is 11.5 Å². The minimum atomic E-state index is -3.74. The van der Waals surface area contributed by atoms with E-state index in [0.717, 1.165) is 0 Å². The first-order chi connectivity index (χ1) is 6.54. The molecule has 0 aliphatic carbocycles. The summed E-state index contributed by atoms with van der Waals surface area (Å²) in [6.07, 6.45) is 0. The summed E-state index contributed by atoms with van der Waals surface area (Å²) in [6.45, 7) is 0.147. The van der Waals surface area contributed by atoms with Crippen molar-refractivity contribution in [3.05, 3.63) is 18.2 Å². The summed E-state index contributed by atoms with van der Waals surface area (Å²) in [5, 5.41) is 4.80. The van der Waals surface area contributed by atoms with Crippen LogP contribution in [0.25, 0.3) is 0 Å². The van der Waals surface area contributed by atoms with Crippen LogP contribution in [0, 0.1) is 0 Å². The van der Waals surface area contributed by atoms with Gasteiger partial charge in [-0.3, -0.25) is 4.72 Å². The molecule has 14 heavy (non-hydrogen) atoms. The monoisotopic (exact) mass is 216 g/mol. The first-order valence-electron chi connectivity index (χ1n) is 3.75. The van der Waals surface area contributed by atoms with Crippen molar-refractivity contribution in [3.8, 4) is 11.5 Å². The Morgan fingerprint density at radius 1 is 1.29 bits per heavy atom. The zero-order valence-corrected chi connectivity index (χ0v) is 7.87. The van der Waals surface area contributed by atoms with Crippen LogP contribution in [0.15, 0.2) is 18.2 Å². The average Bonchev–Trinajstić information content (AvgIpc) is 2.47. The van der Waals surface area contributed by atoms with Crippen LogP contribution in [0.4, 0.5) is 5.69 Å². The van der Waals surface area contributed by atoms with Crippen molar-refractivity contribution < 1.29 is 17.9 Å². The van der Waals surface area contributed by atoms with Crippen LogP contribution in [0.1, 0.15) is 0 Å². The van der Waals surface area contributed by atoms with Gasteiger partial charge in [-0.2, -0.15) is 8.42 Å². The molecular formula is C7H8N2O4S. The Balaban J connectivity index is 2.29. The van der Waals surface area contributed by atoms with Crippen LogP contribution >= 0.6 is 0 Å². The Kier molecular flexibility index (Phi) is 1.97. The fourth-order valence-corrected chi connectivity index (χ4v) is 1.58. The van der Waals surface area contributed by atoms with Crippen molar-refractivity contribution in [2.45, 2.75) is 0 Å². The van der Waals surface area contributed by atoms with Gasteiger partial charge in [0.05, 0.1) is 5.69 Å². The highest BCUT2D eigenvalue weighted by atomic mass is 32.2. The standard InChI is InChI=1S/C7H8N2O4S/c8-14(10,11)9-5-1-2-6-7(3-5)13-4-12-6/h1-3,9H,4H2,(H2,8,10,11). The molecule has 0 amide bonds. The molecule has 6 nitrogen and oxygen atoms in total. The number of benzene rings is 1. The second-order valence-corrected chi connectivity index (χ2v) is 4.01. The maximum atomic E-state index is 10.7. The van der Waals surface area contributed by atoms with Crippen LogP contribution in [-0.2, 0) is 10.2 Å². The Morgan fingerprint density at radius 3 is 2.71 bits per heavy atom. The van der Waals surface area contributed by atoms with Crippen LogP contribution in [0.3, 0.4) is 0 Å². The minimum Gasteiger partial charge on any atom is -0.454 e. The third-order valence-electron chi connectivity index (χ3n) is 1.63. The molecule has 0 saturated carbocycles. The molecule has 3 N–H and O–H groups in total. The Morgan fingerprint density at radius 2 is 2.00 bits per heavy atom. The van der Waals surface area contributed by atoms with E-state index < -0.39 is 10.2 Å². The molecule has 1 aromatic rings. The minimum absolute atomic E-state index is 0.147. The summed E-state index contributed by atoms with van der Waals surface area (Å²) in [7, 11) is -3.74. The van der Waals surface area contributed by atoms with E-state index in [1.54, 1.807) is 6.07 Å². The lowest BCUT2D eigenvalue weighted by Crippen LogP contribution is -2.21. The molecule has 2 rings (SSSR count). The number of hydrogen-bond acceptors (Lipinski definition) is 4. The topological polar surface area (TPSA) is 90.7 Å². The summed E-state index contributed by atoms with van der Waals surface area (Å²) in [4.78, 5) is 0. The van der Waals surface area contributed by atoms with E-state index in [4.69, 9.17) is 14.6 Å². The predicted molar refractivity (Wildman–Crippen MR) is 49.3 cm³/mol. The van der Waals surface area contributed by atoms with E-state index in [0.29, 0.717) is 17.2 Å². The Bertz CT molecular complexity index is 457. The molecule has 76 valence electrons. The lowest BCUT2D eigenvalue weighted by molar-refractivity contribution is 0.174. The first kappa shape index (κ1) is 9.10. The van der Waals surface area contributed by atoms with Gasteiger partial charge in [0.25, 0.3) is 10.2 Å². The highest BCUT2D eigenvalue weighted by molar-refractivity contribution is 7.90. The third-order valence-corrected chi connectivity index (χ3v) is 2.15. The van der Waals surface area contributed by atoms with Gasteiger partial charge >= 0.3 is 0 Å². The summed E-state index contributed by atoms with van der Waals surface area (Å²) in [5.41, 5.74) is 0.344. The van der Waals surface area contributed by atoms with Crippen molar-refractivity contribution in [1.82, 2.24) is 0 Å². The first-order valence-corrected chi connectivity index (χ1v) is 5.29. The number of ether oxygens (including phenoxy) is 2. The summed E-state index contributed by atoms with van der Waals surface area (Å²) >= 11 is 0. The largest absolute Gasteiger partial charge is 0.454 e. The van der Waals surface area contributed by atoms with Gasteiger partial charge in [0.2, 0.25) is 6.79 Å². The molecule has 0 atom stereocenters. The average molecular weight is 216 g/mol. The zero-order valence-electron chi connectivity index (χ0n) is 7.06. The number of nitrogens with two attached hydrogens (primary N) is 1. The van der Waals surface area contributed by atoms with E-state index >= 15 is 0 Å². The molecule has 0 aromatic heterocycles. The van der Waals surface area contributed by atoms with Crippen molar-refractivity contribution in [2.75, 3.05) is 11.5 Å². The number of nitrogens with one attached hydrogen (secondary N) is 1. The zero-order chi connectivity index (χ0) is 10.2. The van der Waals surface area contributed by atoms with Crippen molar-refractivity contribution in [3.63, 3.8) is 0 Å². The molecule has 1 aliphatic rings. The second-order valence-electron chi connectivity index (χ2n) is 2.72. The second kappa shape index (κ2) is 3.03. The van der Waals surface area contributed by atoms with Gasteiger partial charge in [-0.25, -0.2) is 5.14 Å². The van der Waals surface area contributed by atoms with Crippen LogP contribution in [0.2, 0.25) is 0 Å². The smallest absolute Gasteiger partial charge is 0.296 e. The molecule has 0 unspecified atom stereocenters. The molecule has 0 spiro atoms. The van der Waals surface area contributed by atoms with Crippen molar-refractivity contribution in [1.29, 1.82) is 0 Å². The number of hydrogen-bond donors (Lipinski definition) is 2. The van der Waals surface area contributed by atoms with Gasteiger partial charge in [0.1, 0.15) is 0 Å². The Hall–Kier alpha value is -1.47. The van der Waals surface area contributed by atoms with Crippen LogP contribution < -0.4 is 19.3 Å². The van der Waals surface area contributed by atoms with Gasteiger partial charge < -0.3 is 9.47 Å². The van der Waals surface area contributed by atoms with Gasteiger partial charge in [0, 0.05) is 6.07 Å². The summed E-state index contributed by atoms with van der Waals surface area (Å²) < 4.78 is 33.6. The van der Waals surface area contributed by atoms with E-state index in [2.05, 4.69) is 4.72 Å². The molecule has 0 bridgehead atoms. The molecule has 0 radical (unpaired) electrons. The quantitative estimate of drug-likeness (QED) is 0.729. The SMILES string of the molecule is NS(=O)(=O)Nc1ccc2c(c1)OCO2. The Labute approximate surface area is 80.8 Å². The predicted octanol–water partition coefficient (Wildman–Crippen LogP) is 0.0307. The molecule has 1 aliphatic heterocycles. The van der Waals surface area contributed by atoms with E-state index in [9.17, 15) is 8.42 Å². The van der Waals surface area contributed by atoms with E-state index in [1.165, 1.54) is 12.1 Å². The van der Waals surface area contributed by atoms with Gasteiger partial charge in [-0.15, -0.1) is 0 Å². The maximum absolute atomic E-state index is 10.7. The molecule has 0 fully saturated rings. The lowest BCUT2D eigenvalue weighted by Gasteiger charge is -2.03. The third kappa shape index (κ3) is 1.88. The maximum Gasteiger partial charge on any atom is 0.296 e. The molecule has 1 aromatic carbocycles. The molecule has 7 heteroatoms. The molecular weight excluding hydrogens is 208 g/mol. The van der Waals surface area contributed by atoms with Crippen molar-refractivity contribution >= 4 is 15.9 Å². The van der Waals surface area contributed by atoms with Gasteiger partial charge in [-0.05, 0) is 12.1 Å². The van der Waals surface area contributed by atoms with Crippen LogP contribution in [-0.4, -0.2) is 15.2 Å². The summed E-state index contributed by atoms with van der Waals surface area (Å²) in [5.74, 6) is 1.09. The summed E-state index contributed by atoms with van der Waals surface area (Å²) in [6, 6.07) is 4.65. The lowest BCUT2D eigenvalue weighted by atomic mass is 10.3. The van der Waals surface area contributed by atoms with E-state index in [-0.39, 0.29) is 6.79 Å².